The van der Waals surface area contributed by atoms with Crippen LogP contribution in [0.3, 0.4) is 0 Å². The Balaban J connectivity index is 1.83. The molecule has 36 heavy (non-hydrogen) atoms. The van der Waals surface area contributed by atoms with Crippen molar-refractivity contribution in [1.29, 1.82) is 0 Å². The summed E-state index contributed by atoms with van der Waals surface area (Å²) in [4.78, 5) is 14.3. The second-order valence-electron chi connectivity index (χ2n) is 9.57. The van der Waals surface area contributed by atoms with Gasteiger partial charge in [0, 0.05) is 60.8 Å². The SMILES string of the molecule is C=C(NC)c1ccc2nc3n(c2c1)C[C@H](C)CCCCC(=NC)C(=CN)c1cc(cc(C)n1)C(=C)N3. The van der Waals surface area contributed by atoms with Gasteiger partial charge in [-0.15, -0.1) is 0 Å². The van der Waals surface area contributed by atoms with Crippen LogP contribution in [0, 0.1) is 12.8 Å². The Morgan fingerprint density at radius 3 is 2.78 bits per heavy atom. The summed E-state index contributed by atoms with van der Waals surface area (Å²) >= 11 is 0. The van der Waals surface area contributed by atoms with Crippen molar-refractivity contribution in [2.24, 2.45) is 16.6 Å². The molecule has 0 aliphatic carbocycles. The van der Waals surface area contributed by atoms with E-state index in [0.29, 0.717) is 5.92 Å². The Labute approximate surface area is 213 Å². The molecule has 7 heteroatoms. The van der Waals surface area contributed by atoms with Crippen LogP contribution < -0.4 is 16.4 Å². The molecule has 188 valence electrons. The summed E-state index contributed by atoms with van der Waals surface area (Å²) in [7, 11) is 3.72. The van der Waals surface area contributed by atoms with Crippen molar-refractivity contribution >= 4 is 39.7 Å². The van der Waals surface area contributed by atoms with Crippen LogP contribution in [-0.2, 0) is 6.54 Å². The summed E-state index contributed by atoms with van der Waals surface area (Å²) in [5.74, 6) is 1.25. The number of rotatable bonds is 2. The van der Waals surface area contributed by atoms with Crippen LogP contribution in [0.5, 0.6) is 0 Å². The number of hydrogen-bond acceptors (Lipinski definition) is 6. The standard InChI is InChI=1S/C29H37N7/c1-18-9-7-8-10-25(32-6)24(16-30)27-14-23(13-19(2)33-27)21(4)34-29-35-26-12-11-22(20(3)31-5)15-28(26)36(29)17-18/h11-16,18,31H,3-4,7-10,17,30H2,1-2,5-6H3,(H,34,35)/t18-/m1/s1. The second-order valence-corrected chi connectivity index (χ2v) is 9.57. The molecule has 0 unspecified atom stereocenters. The Morgan fingerprint density at radius 2 is 2.06 bits per heavy atom. The van der Waals surface area contributed by atoms with E-state index in [4.69, 9.17) is 15.7 Å². The Morgan fingerprint density at radius 1 is 1.25 bits per heavy atom. The summed E-state index contributed by atoms with van der Waals surface area (Å²) in [6, 6.07) is 10.3. The first kappa shape index (κ1) is 25.2. The topological polar surface area (TPSA) is 93.2 Å². The third kappa shape index (κ3) is 5.20. The summed E-state index contributed by atoms with van der Waals surface area (Å²) in [5, 5.41) is 6.66. The van der Waals surface area contributed by atoms with E-state index in [0.717, 1.165) is 94.4 Å². The predicted octanol–water partition coefficient (Wildman–Crippen LogP) is 5.59. The van der Waals surface area contributed by atoms with Crippen molar-refractivity contribution in [3.05, 3.63) is 72.2 Å². The summed E-state index contributed by atoms with van der Waals surface area (Å²) in [6.07, 6.45) is 5.74. The molecule has 7 nitrogen and oxygen atoms in total. The van der Waals surface area contributed by atoms with Gasteiger partial charge in [-0.2, -0.15) is 0 Å². The highest BCUT2D eigenvalue weighted by Crippen LogP contribution is 2.29. The summed E-state index contributed by atoms with van der Waals surface area (Å²) in [6.45, 7) is 13.6. The summed E-state index contributed by atoms with van der Waals surface area (Å²) in [5.41, 5.74) is 15.3. The van der Waals surface area contributed by atoms with Gasteiger partial charge in [0.1, 0.15) is 0 Å². The first-order valence-corrected chi connectivity index (χ1v) is 12.5. The molecule has 0 radical (unpaired) electrons. The van der Waals surface area contributed by atoms with Gasteiger partial charge in [0.15, 0.2) is 0 Å². The van der Waals surface area contributed by atoms with Crippen molar-refractivity contribution in [1.82, 2.24) is 19.9 Å². The number of pyridine rings is 1. The van der Waals surface area contributed by atoms with Crippen molar-refractivity contribution in [2.45, 2.75) is 46.1 Å². The van der Waals surface area contributed by atoms with Crippen LogP contribution in [0.4, 0.5) is 5.95 Å². The van der Waals surface area contributed by atoms with Gasteiger partial charge in [0.25, 0.3) is 0 Å². The molecule has 1 aliphatic rings. The van der Waals surface area contributed by atoms with Crippen LogP contribution in [0.2, 0.25) is 0 Å². The number of aliphatic imine (C=N–C) groups is 1. The van der Waals surface area contributed by atoms with Crippen LogP contribution in [0.15, 0.2) is 54.7 Å². The van der Waals surface area contributed by atoms with Gasteiger partial charge in [-0.05, 0) is 61.9 Å². The average Bonchev–Trinajstić information content (AvgIpc) is 3.20. The highest BCUT2D eigenvalue weighted by atomic mass is 15.2. The number of benzene rings is 1. The molecule has 1 atom stereocenters. The number of nitrogens with zero attached hydrogens (tertiary/aromatic N) is 4. The van der Waals surface area contributed by atoms with E-state index < -0.39 is 0 Å². The lowest BCUT2D eigenvalue weighted by Gasteiger charge is -2.17. The van der Waals surface area contributed by atoms with Gasteiger partial charge in [0.05, 0.1) is 16.7 Å². The Hall–Kier alpha value is -3.87. The molecule has 0 spiro atoms. The van der Waals surface area contributed by atoms with Gasteiger partial charge in [-0.25, -0.2) is 4.98 Å². The zero-order valence-electron chi connectivity index (χ0n) is 21.9. The lowest BCUT2D eigenvalue weighted by molar-refractivity contribution is 0.441. The van der Waals surface area contributed by atoms with Gasteiger partial charge in [-0.3, -0.25) is 9.98 Å². The molecule has 2 aromatic heterocycles. The normalized spacial score (nSPS) is 19.4. The monoisotopic (exact) mass is 483 g/mol. The molecule has 1 aromatic carbocycles. The van der Waals surface area contributed by atoms with Crippen molar-refractivity contribution in [3.8, 4) is 0 Å². The molecule has 1 aliphatic heterocycles. The first-order chi connectivity index (χ1) is 17.3. The number of fused-ring (bicyclic) bond motifs is 5. The van der Waals surface area contributed by atoms with Gasteiger partial charge in [-0.1, -0.05) is 32.6 Å². The fourth-order valence-electron chi connectivity index (χ4n) is 4.81. The second kappa shape index (κ2) is 10.8. The maximum atomic E-state index is 6.08. The molecule has 4 rings (SSSR count). The number of anilines is 1. The van der Waals surface area contributed by atoms with Gasteiger partial charge in [0.2, 0.25) is 5.95 Å². The average molecular weight is 484 g/mol. The van der Waals surface area contributed by atoms with E-state index in [1.54, 1.807) is 6.20 Å². The fraction of sp³-hybridized carbons (Fsp3) is 0.345. The summed E-state index contributed by atoms with van der Waals surface area (Å²) < 4.78 is 2.27. The molecule has 3 heterocycles. The molecule has 2 bridgehead atoms. The van der Waals surface area contributed by atoms with Crippen LogP contribution in [-0.4, -0.2) is 34.3 Å². The lowest BCUT2D eigenvalue weighted by Crippen LogP contribution is -2.12. The predicted molar refractivity (Wildman–Crippen MR) is 153 cm³/mol. The molecule has 0 saturated carbocycles. The molecule has 3 aromatic rings. The van der Waals surface area contributed by atoms with Crippen LogP contribution in [0.25, 0.3) is 28.0 Å². The minimum Gasteiger partial charge on any atom is -0.404 e. The zero-order valence-corrected chi connectivity index (χ0v) is 21.9. The number of allylic oxidation sites excluding steroid dienone is 1. The highest BCUT2D eigenvalue weighted by Gasteiger charge is 2.18. The van der Waals surface area contributed by atoms with E-state index in [2.05, 4.69) is 58.5 Å². The van der Waals surface area contributed by atoms with Crippen molar-refractivity contribution in [2.75, 3.05) is 19.4 Å². The van der Waals surface area contributed by atoms with Gasteiger partial charge >= 0.3 is 0 Å². The van der Waals surface area contributed by atoms with E-state index in [-0.39, 0.29) is 0 Å². The maximum absolute atomic E-state index is 6.08. The first-order valence-electron chi connectivity index (χ1n) is 12.5. The van der Waals surface area contributed by atoms with Crippen LogP contribution in [0.1, 0.15) is 55.1 Å². The van der Waals surface area contributed by atoms with Gasteiger partial charge < -0.3 is 20.9 Å². The highest BCUT2D eigenvalue weighted by molar-refractivity contribution is 6.23. The molecular weight excluding hydrogens is 446 g/mol. The van der Waals surface area contributed by atoms with Crippen LogP contribution >= 0.6 is 0 Å². The number of imidazole rings is 1. The minimum absolute atomic E-state index is 0.467. The third-order valence-corrected chi connectivity index (χ3v) is 6.84. The van der Waals surface area contributed by atoms with E-state index in [1.807, 2.05) is 33.2 Å². The number of hydrogen-bond donors (Lipinski definition) is 3. The Kier molecular flexibility index (Phi) is 7.58. The number of aryl methyl sites for hydroxylation is 1. The molecule has 0 fully saturated rings. The maximum Gasteiger partial charge on any atom is 0.208 e. The lowest BCUT2D eigenvalue weighted by atomic mass is 9.97. The van der Waals surface area contributed by atoms with E-state index in [9.17, 15) is 0 Å². The van der Waals surface area contributed by atoms with E-state index >= 15 is 0 Å². The number of nitrogens with two attached hydrogens (primary N) is 1. The Bertz CT molecular complexity index is 1360. The molecular formula is C29H37N7. The largest absolute Gasteiger partial charge is 0.404 e. The molecule has 4 N–H and O–H groups in total. The smallest absolute Gasteiger partial charge is 0.208 e. The van der Waals surface area contributed by atoms with E-state index in [1.165, 1.54) is 0 Å². The number of nitrogens with one attached hydrogen (secondary N) is 2. The number of aromatic nitrogens is 3. The van der Waals surface area contributed by atoms with Crippen molar-refractivity contribution < 1.29 is 0 Å². The fourth-order valence-corrected chi connectivity index (χ4v) is 4.81. The third-order valence-electron chi connectivity index (χ3n) is 6.84. The molecule has 0 amide bonds. The quantitative estimate of drug-likeness (QED) is 0.442. The molecule has 0 saturated heterocycles. The van der Waals surface area contributed by atoms with Crippen molar-refractivity contribution in [3.63, 3.8) is 0 Å². The zero-order chi connectivity index (χ0) is 25.8. The minimum atomic E-state index is 0.467.